The number of nitrogens with zero attached hydrogens (tertiary/aromatic N) is 2. The summed E-state index contributed by atoms with van der Waals surface area (Å²) >= 11 is 0. The summed E-state index contributed by atoms with van der Waals surface area (Å²) in [6, 6.07) is 0.330. The number of nitrogens with two attached hydrogens (primary N) is 1. The van der Waals surface area contributed by atoms with Gasteiger partial charge in [0.1, 0.15) is 0 Å². The van der Waals surface area contributed by atoms with Crippen molar-refractivity contribution in [3.8, 4) is 0 Å². The third-order valence-corrected chi connectivity index (χ3v) is 4.21. The van der Waals surface area contributed by atoms with E-state index >= 15 is 0 Å². The molecule has 1 aromatic heterocycles. The number of anilines is 1. The van der Waals surface area contributed by atoms with Crippen molar-refractivity contribution in [2.45, 2.75) is 43.7 Å². The SMILES string of the molecule is NC(=O)c1nccnc1NC1CCNC2(CCC2)C1. The Morgan fingerprint density at radius 3 is 2.89 bits per heavy atom. The molecule has 102 valence electrons. The van der Waals surface area contributed by atoms with Gasteiger partial charge in [0.25, 0.3) is 5.91 Å². The Bertz CT molecular complexity index is 486. The van der Waals surface area contributed by atoms with Crippen LogP contribution in [-0.2, 0) is 0 Å². The van der Waals surface area contributed by atoms with Crippen molar-refractivity contribution in [1.29, 1.82) is 0 Å². The Balaban J connectivity index is 1.72. The second kappa shape index (κ2) is 4.77. The van der Waals surface area contributed by atoms with Gasteiger partial charge in [-0.15, -0.1) is 0 Å². The molecule has 6 heteroatoms. The zero-order valence-corrected chi connectivity index (χ0v) is 10.9. The number of primary amides is 1. The molecule has 1 amide bonds. The van der Waals surface area contributed by atoms with Crippen molar-refractivity contribution < 1.29 is 4.79 Å². The van der Waals surface area contributed by atoms with Gasteiger partial charge in [0.2, 0.25) is 0 Å². The first-order valence-electron chi connectivity index (χ1n) is 6.81. The van der Waals surface area contributed by atoms with E-state index in [9.17, 15) is 4.79 Å². The van der Waals surface area contributed by atoms with Crippen LogP contribution in [0.3, 0.4) is 0 Å². The van der Waals surface area contributed by atoms with Crippen molar-refractivity contribution in [3.63, 3.8) is 0 Å². The molecule has 1 spiro atoms. The van der Waals surface area contributed by atoms with E-state index in [0.717, 1.165) is 19.4 Å². The van der Waals surface area contributed by atoms with E-state index in [1.807, 2.05) is 0 Å². The maximum Gasteiger partial charge on any atom is 0.271 e. The molecule has 1 aliphatic carbocycles. The van der Waals surface area contributed by atoms with Gasteiger partial charge in [-0.2, -0.15) is 0 Å². The highest BCUT2D eigenvalue weighted by Gasteiger charge is 2.41. The highest BCUT2D eigenvalue weighted by Crippen LogP contribution is 2.38. The monoisotopic (exact) mass is 261 g/mol. The van der Waals surface area contributed by atoms with Crippen LogP contribution in [0, 0.1) is 0 Å². The fourth-order valence-electron chi connectivity index (χ4n) is 3.08. The first kappa shape index (κ1) is 12.3. The first-order valence-corrected chi connectivity index (χ1v) is 6.81. The van der Waals surface area contributed by atoms with Crippen LogP contribution >= 0.6 is 0 Å². The minimum atomic E-state index is -0.539. The highest BCUT2D eigenvalue weighted by molar-refractivity contribution is 5.95. The first-order chi connectivity index (χ1) is 9.19. The van der Waals surface area contributed by atoms with Crippen LogP contribution in [0.5, 0.6) is 0 Å². The molecule has 2 heterocycles. The fourth-order valence-corrected chi connectivity index (χ4v) is 3.08. The summed E-state index contributed by atoms with van der Waals surface area (Å²) in [5.41, 5.74) is 5.85. The van der Waals surface area contributed by atoms with Gasteiger partial charge in [-0.3, -0.25) is 4.79 Å². The van der Waals surface area contributed by atoms with E-state index in [0.29, 0.717) is 17.4 Å². The van der Waals surface area contributed by atoms with Crippen molar-refractivity contribution >= 4 is 11.7 Å². The van der Waals surface area contributed by atoms with E-state index < -0.39 is 5.91 Å². The molecule has 0 aromatic carbocycles. The number of rotatable bonds is 3. The van der Waals surface area contributed by atoms with Crippen LogP contribution in [0.4, 0.5) is 5.82 Å². The van der Waals surface area contributed by atoms with E-state index in [-0.39, 0.29) is 5.69 Å². The molecule has 0 bridgehead atoms. The van der Waals surface area contributed by atoms with Crippen LogP contribution in [-0.4, -0.2) is 34.0 Å². The normalized spacial score (nSPS) is 24.7. The molecule has 1 aliphatic heterocycles. The number of aromatic nitrogens is 2. The maximum atomic E-state index is 11.3. The Hall–Kier alpha value is -1.69. The second-order valence-corrected chi connectivity index (χ2v) is 5.51. The lowest BCUT2D eigenvalue weighted by Gasteiger charge is -2.48. The minimum Gasteiger partial charge on any atom is -0.365 e. The molecule has 3 rings (SSSR count). The summed E-state index contributed by atoms with van der Waals surface area (Å²) in [6.45, 7) is 1.00. The molecule has 4 N–H and O–H groups in total. The molecule has 2 fully saturated rings. The van der Waals surface area contributed by atoms with Crippen molar-refractivity contribution in [2.24, 2.45) is 5.73 Å². The number of piperidine rings is 1. The maximum absolute atomic E-state index is 11.3. The van der Waals surface area contributed by atoms with Crippen molar-refractivity contribution in [3.05, 3.63) is 18.1 Å². The Labute approximate surface area is 112 Å². The zero-order valence-electron chi connectivity index (χ0n) is 10.9. The van der Waals surface area contributed by atoms with Gasteiger partial charge in [0.15, 0.2) is 11.5 Å². The molecule has 1 saturated heterocycles. The van der Waals surface area contributed by atoms with Gasteiger partial charge >= 0.3 is 0 Å². The molecule has 0 radical (unpaired) electrons. The summed E-state index contributed by atoms with van der Waals surface area (Å²) in [6.07, 6.45) is 8.95. The van der Waals surface area contributed by atoms with Crippen LogP contribution in [0.15, 0.2) is 12.4 Å². The predicted octanol–water partition coefficient (Wildman–Crippen LogP) is 0.662. The third kappa shape index (κ3) is 2.40. The largest absolute Gasteiger partial charge is 0.365 e. The smallest absolute Gasteiger partial charge is 0.271 e. The van der Waals surface area contributed by atoms with Gasteiger partial charge in [-0.1, -0.05) is 0 Å². The lowest BCUT2D eigenvalue weighted by Crippen LogP contribution is -2.58. The second-order valence-electron chi connectivity index (χ2n) is 5.51. The van der Waals surface area contributed by atoms with E-state index in [1.165, 1.54) is 25.5 Å². The molecule has 2 aliphatic rings. The standard InChI is InChI=1S/C13H19N5O/c14-11(19)10-12(16-7-6-15-10)18-9-2-5-17-13(8-9)3-1-4-13/h6-7,9,17H,1-5,8H2,(H2,14,19)(H,16,18). The van der Waals surface area contributed by atoms with Crippen molar-refractivity contribution in [2.75, 3.05) is 11.9 Å². The van der Waals surface area contributed by atoms with Crippen LogP contribution < -0.4 is 16.4 Å². The van der Waals surface area contributed by atoms with Gasteiger partial charge in [0, 0.05) is 24.0 Å². The molecular weight excluding hydrogens is 242 g/mol. The van der Waals surface area contributed by atoms with Crippen LogP contribution in [0.1, 0.15) is 42.6 Å². The van der Waals surface area contributed by atoms with E-state index in [1.54, 1.807) is 6.20 Å². The lowest BCUT2D eigenvalue weighted by atomic mass is 9.70. The number of hydrogen-bond acceptors (Lipinski definition) is 5. The lowest BCUT2D eigenvalue weighted by molar-refractivity contribution is 0.0996. The molecule has 1 atom stereocenters. The summed E-state index contributed by atoms with van der Waals surface area (Å²) in [4.78, 5) is 19.5. The molecule has 1 unspecified atom stereocenters. The third-order valence-electron chi connectivity index (χ3n) is 4.21. The summed E-state index contributed by atoms with van der Waals surface area (Å²) in [5, 5.41) is 6.96. The van der Waals surface area contributed by atoms with E-state index in [2.05, 4.69) is 20.6 Å². The van der Waals surface area contributed by atoms with E-state index in [4.69, 9.17) is 5.73 Å². The number of amides is 1. The number of carbonyl (C=O) groups is 1. The number of nitrogens with one attached hydrogen (secondary N) is 2. The number of hydrogen-bond donors (Lipinski definition) is 3. The Kier molecular flexibility index (Phi) is 3.10. The highest BCUT2D eigenvalue weighted by atomic mass is 16.1. The molecule has 6 nitrogen and oxygen atoms in total. The molecule has 1 saturated carbocycles. The summed E-state index contributed by atoms with van der Waals surface area (Å²) in [5.74, 6) is -0.0285. The minimum absolute atomic E-state index is 0.226. The summed E-state index contributed by atoms with van der Waals surface area (Å²) in [7, 11) is 0. The average molecular weight is 261 g/mol. The predicted molar refractivity (Wildman–Crippen MR) is 71.8 cm³/mol. The van der Waals surface area contributed by atoms with Gasteiger partial charge in [-0.25, -0.2) is 9.97 Å². The Morgan fingerprint density at radius 2 is 2.21 bits per heavy atom. The number of carbonyl (C=O) groups excluding carboxylic acids is 1. The average Bonchev–Trinajstić information content (AvgIpc) is 2.37. The zero-order chi connectivity index (χ0) is 13.3. The summed E-state index contributed by atoms with van der Waals surface area (Å²) < 4.78 is 0. The van der Waals surface area contributed by atoms with Gasteiger partial charge < -0.3 is 16.4 Å². The topological polar surface area (TPSA) is 92.9 Å². The fraction of sp³-hybridized carbons (Fsp3) is 0.615. The van der Waals surface area contributed by atoms with Crippen molar-refractivity contribution in [1.82, 2.24) is 15.3 Å². The van der Waals surface area contributed by atoms with Crippen LogP contribution in [0.2, 0.25) is 0 Å². The Morgan fingerprint density at radius 1 is 1.42 bits per heavy atom. The molecular formula is C13H19N5O. The quantitative estimate of drug-likeness (QED) is 0.743. The van der Waals surface area contributed by atoms with Gasteiger partial charge in [0.05, 0.1) is 0 Å². The molecule has 19 heavy (non-hydrogen) atoms. The van der Waals surface area contributed by atoms with Gasteiger partial charge in [-0.05, 0) is 38.6 Å². The van der Waals surface area contributed by atoms with Crippen LogP contribution in [0.25, 0.3) is 0 Å². The molecule has 1 aromatic rings.